The minimum Gasteiger partial charge on any atom is -0.481 e. The molecule has 1 atom stereocenters. The summed E-state index contributed by atoms with van der Waals surface area (Å²) in [6.45, 7) is 5.71. The normalized spacial score (nSPS) is 11.9. The van der Waals surface area contributed by atoms with Crippen LogP contribution < -0.4 is 10.1 Å². The van der Waals surface area contributed by atoms with Gasteiger partial charge in [-0.3, -0.25) is 4.79 Å². The maximum Gasteiger partial charge on any atom is 0.265 e. The number of amides is 1. The number of hydrogen-bond acceptors (Lipinski definition) is 2. The van der Waals surface area contributed by atoms with Gasteiger partial charge in [0, 0.05) is 11.8 Å². The van der Waals surface area contributed by atoms with Gasteiger partial charge < -0.3 is 10.1 Å². The highest BCUT2D eigenvalue weighted by Gasteiger charge is 2.19. The molecule has 2 aromatic carbocycles. The smallest absolute Gasteiger partial charge is 0.265 e. The van der Waals surface area contributed by atoms with E-state index in [0.29, 0.717) is 12.2 Å². The summed E-state index contributed by atoms with van der Waals surface area (Å²) in [6, 6.07) is 8.92. The van der Waals surface area contributed by atoms with Crippen LogP contribution in [0.1, 0.15) is 24.5 Å². The second-order valence-corrected chi connectivity index (χ2v) is 5.46. The average Bonchev–Trinajstić information content (AvgIpc) is 2.47. The fourth-order valence-corrected chi connectivity index (χ4v) is 2.28. The quantitative estimate of drug-likeness (QED) is 0.888. The van der Waals surface area contributed by atoms with Crippen molar-refractivity contribution in [3.63, 3.8) is 0 Å². The zero-order valence-corrected chi connectivity index (χ0v) is 13.3. The Bertz CT molecular complexity index is 696. The van der Waals surface area contributed by atoms with Crippen LogP contribution in [0.4, 0.5) is 14.5 Å². The molecule has 0 aliphatic rings. The number of anilines is 1. The Morgan fingerprint density at radius 1 is 1.09 bits per heavy atom. The van der Waals surface area contributed by atoms with Crippen LogP contribution in [0.25, 0.3) is 0 Å². The van der Waals surface area contributed by atoms with Crippen LogP contribution >= 0.6 is 0 Å². The number of ether oxygens (including phenoxy) is 1. The molecule has 0 fully saturated rings. The van der Waals surface area contributed by atoms with Crippen molar-refractivity contribution in [1.82, 2.24) is 0 Å². The summed E-state index contributed by atoms with van der Waals surface area (Å²) in [5.41, 5.74) is 2.27. The van der Waals surface area contributed by atoms with E-state index in [2.05, 4.69) is 5.32 Å². The summed E-state index contributed by atoms with van der Waals surface area (Å²) in [5.74, 6) is -1.76. The number of carbonyl (C=O) groups is 1. The van der Waals surface area contributed by atoms with E-state index in [0.717, 1.165) is 23.3 Å². The minimum atomic E-state index is -1.01. The zero-order valence-electron chi connectivity index (χ0n) is 13.3. The third-order valence-corrected chi connectivity index (χ3v) is 3.32. The second kappa shape index (κ2) is 7.22. The van der Waals surface area contributed by atoms with E-state index >= 15 is 0 Å². The molecule has 5 heteroatoms. The zero-order chi connectivity index (χ0) is 17.0. The number of benzene rings is 2. The highest BCUT2D eigenvalue weighted by atomic mass is 19.2. The van der Waals surface area contributed by atoms with Crippen molar-refractivity contribution in [2.75, 3.05) is 5.32 Å². The van der Waals surface area contributed by atoms with Gasteiger partial charge in [0.1, 0.15) is 5.75 Å². The van der Waals surface area contributed by atoms with Crippen molar-refractivity contribution in [2.24, 2.45) is 0 Å². The highest BCUT2D eigenvalue weighted by molar-refractivity contribution is 5.94. The molecule has 2 aromatic rings. The Morgan fingerprint density at radius 3 is 2.30 bits per heavy atom. The monoisotopic (exact) mass is 319 g/mol. The summed E-state index contributed by atoms with van der Waals surface area (Å²) >= 11 is 0. The van der Waals surface area contributed by atoms with Crippen LogP contribution in [0.15, 0.2) is 36.4 Å². The van der Waals surface area contributed by atoms with Crippen molar-refractivity contribution >= 4 is 11.6 Å². The highest BCUT2D eigenvalue weighted by Crippen LogP contribution is 2.20. The number of nitrogens with one attached hydrogen (secondary N) is 1. The molecule has 1 unspecified atom stereocenters. The van der Waals surface area contributed by atoms with Crippen LogP contribution in [-0.4, -0.2) is 12.0 Å². The van der Waals surface area contributed by atoms with Crippen LogP contribution in [0.5, 0.6) is 5.75 Å². The Balaban J connectivity index is 2.10. The van der Waals surface area contributed by atoms with Crippen LogP contribution in [-0.2, 0) is 4.79 Å². The molecule has 0 heterocycles. The summed E-state index contributed by atoms with van der Waals surface area (Å²) in [5, 5.41) is 2.54. The van der Waals surface area contributed by atoms with E-state index < -0.39 is 23.6 Å². The Hall–Kier alpha value is -2.43. The van der Waals surface area contributed by atoms with Gasteiger partial charge in [-0.2, -0.15) is 0 Å². The van der Waals surface area contributed by atoms with Crippen molar-refractivity contribution in [1.29, 1.82) is 0 Å². The predicted octanol–water partition coefficient (Wildman–Crippen LogP) is 4.38. The molecule has 122 valence electrons. The molecule has 0 radical (unpaired) electrons. The molecular weight excluding hydrogens is 300 g/mol. The summed E-state index contributed by atoms with van der Waals surface area (Å²) in [4.78, 5) is 12.3. The molecule has 0 aliphatic heterocycles. The number of hydrogen-bond donors (Lipinski definition) is 1. The first-order valence-electron chi connectivity index (χ1n) is 7.40. The van der Waals surface area contributed by atoms with Gasteiger partial charge >= 0.3 is 0 Å². The van der Waals surface area contributed by atoms with Gasteiger partial charge in [-0.15, -0.1) is 0 Å². The molecule has 2 rings (SSSR count). The molecule has 1 N–H and O–H groups in total. The lowest BCUT2D eigenvalue weighted by atomic mass is 10.1. The summed E-state index contributed by atoms with van der Waals surface area (Å²) in [7, 11) is 0. The fourth-order valence-electron chi connectivity index (χ4n) is 2.28. The maximum atomic E-state index is 13.2. The van der Waals surface area contributed by atoms with E-state index in [9.17, 15) is 13.6 Å². The predicted molar refractivity (Wildman–Crippen MR) is 85.6 cm³/mol. The Morgan fingerprint density at radius 2 is 1.74 bits per heavy atom. The number of aryl methyl sites for hydroxylation is 2. The maximum absolute atomic E-state index is 13.2. The molecular formula is C18H19F2NO2. The van der Waals surface area contributed by atoms with E-state index in [1.165, 1.54) is 6.07 Å². The molecule has 23 heavy (non-hydrogen) atoms. The van der Waals surface area contributed by atoms with Gasteiger partial charge in [0.15, 0.2) is 17.7 Å². The van der Waals surface area contributed by atoms with Gasteiger partial charge in [-0.25, -0.2) is 8.78 Å². The molecule has 0 bridgehead atoms. The van der Waals surface area contributed by atoms with Gasteiger partial charge in [0.2, 0.25) is 0 Å². The summed E-state index contributed by atoms with van der Waals surface area (Å²) < 4.78 is 31.8. The molecule has 0 saturated heterocycles. The van der Waals surface area contributed by atoms with Gasteiger partial charge in [0.25, 0.3) is 5.91 Å². The van der Waals surface area contributed by atoms with E-state index in [-0.39, 0.29) is 5.69 Å². The van der Waals surface area contributed by atoms with E-state index in [4.69, 9.17) is 4.74 Å². The van der Waals surface area contributed by atoms with Gasteiger partial charge in [-0.1, -0.05) is 13.0 Å². The first kappa shape index (κ1) is 16.9. The van der Waals surface area contributed by atoms with Crippen molar-refractivity contribution in [3.05, 3.63) is 59.2 Å². The first-order chi connectivity index (χ1) is 10.9. The lowest BCUT2D eigenvalue weighted by Gasteiger charge is -2.18. The Labute approximate surface area is 134 Å². The molecule has 1 amide bonds. The number of carbonyl (C=O) groups excluding carboxylic acids is 1. The SMILES string of the molecule is CCC(Oc1cc(C)cc(C)c1)C(=O)Nc1ccc(F)c(F)c1. The van der Waals surface area contributed by atoms with Crippen molar-refractivity contribution < 1.29 is 18.3 Å². The van der Waals surface area contributed by atoms with Gasteiger partial charge in [-0.05, 0) is 55.7 Å². The lowest BCUT2D eigenvalue weighted by Crippen LogP contribution is -2.32. The molecule has 0 saturated carbocycles. The molecule has 0 aromatic heterocycles. The van der Waals surface area contributed by atoms with Crippen molar-refractivity contribution in [2.45, 2.75) is 33.3 Å². The third kappa shape index (κ3) is 4.52. The van der Waals surface area contributed by atoms with E-state index in [1.807, 2.05) is 39.0 Å². The van der Waals surface area contributed by atoms with Crippen molar-refractivity contribution in [3.8, 4) is 5.75 Å². The van der Waals surface area contributed by atoms with Gasteiger partial charge in [0.05, 0.1) is 0 Å². The number of halogens is 2. The van der Waals surface area contributed by atoms with Crippen LogP contribution in [0.3, 0.4) is 0 Å². The van der Waals surface area contributed by atoms with E-state index in [1.54, 1.807) is 0 Å². The topological polar surface area (TPSA) is 38.3 Å². The molecule has 3 nitrogen and oxygen atoms in total. The molecule has 0 spiro atoms. The fraction of sp³-hybridized carbons (Fsp3) is 0.278. The largest absolute Gasteiger partial charge is 0.481 e. The minimum absolute atomic E-state index is 0.191. The second-order valence-electron chi connectivity index (χ2n) is 5.46. The number of rotatable bonds is 5. The standard InChI is InChI=1S/C18H19F2NO2/c1-4-17(23-14-8-11(2)7-12(3)9-14)18(22)21-13-5-6-15(19)16(20)10-13/h5-10,17H,4H2,1-3H3,(H,21,22). The van der Waals surface area contributed by atoms with Crippen LogP contribution in [0.2, 0.25) is 0 Å². The lowest BCUT2D eigenvalue weighted by molar-refractivity contribution is -0.122. The summed E-state index contributed by atoms with van der Waals surface area (Å²) in [6.07, 6.45) is -0.271. The average molecular weight is 319 g/mol. The first-order valence-corrected chi connectivity index (χ1v) is 7.40. The molecule has 0 aliphatic carbocycles. The van der Waals surface area contributed by atoms with Crippen LogP contribution in [0, 0.1) is 25.5 Å². The third-order valence-electron chi connectivity index (χ3n) is 3.32. The Kier molecular flexibility index (Phi) is 5.32.